The molecule has 8 aromatic carbocycles. The van der Waals surface area contributed by atoms with Crippen LogP contribution in [0.5, 0.6) is 11.5 Å². The Morgan fingerprint density at radius 2 is 0.959 bits per heavy atom. The molecule has 0 bridgehead atoms. The monoisotopic (exact) mass is 955 g/mol. The summed E-state index contributed by atoms with van der Waals surface area (Å²) in [5.74, 6) is 2.40. The molecule has 0 unspecified atom stereocenters. The smallest absolute Gasteiger partial charge is 0.137 e. The van der Waals surface area contributed by atoms with E-state index in [1.165, 1.54) is 61.3 Å². The normalized spacial score (nSPS) is 13.2. The molecule has 0 aliphatic carbocycles. The molecule has 0 saturated heterocycles. The van der Waals surface area contributed by atoms with Crippen LogP contribution >= 0.6 is 0 Å². The van der Waals surface area contributed by atoms with Crippen molar-refractivity contribution in [2.24, 2.45) is 0 Å². The van der Waals surface area contributed by atoms with E-state index in [9.17, 15) is 0 Å². The van der Waals surface area contributed by atoms with Gasteiger partial charge in [-0.15, -0.1) is 0 Å². The molecule has 1 aliphatic rings. The number of benzene rings is 8. The third kappa shape index (κ3) is 8.86. The maximum atomic E-state index is 6.94. The van der Waals surface area contributed by atoms with Gasteiger partial charge >= 0.3 is 0 Å². The lowest BCUT2D eigenvalue weighted by molar-refractivity contribution is 0.483. The predicted molar refractivity (Wildman–Crippen MR) is 307 cm³/mol. The molecule has 0 fully saturated rings. The van der Waals surface area contributed by atoms with Gasteiger partial charge in [0.1, 0.15) is 24.0 Å². The van der Waals surface area contributed by atoms with Gasteiger partial charge in [0.2, 0.25) is 0 Å². The van der Waals surface area contributed by atoms with Crippen molar-refractivity contribution in [3.63, 3.8) is 0 Å². The molecule has 0 amide bonds. The van der Waals surface area contributed by atoms with E-state index in [2.05, 4.69) is 284 Å². The summed E-state index contributed by atoms with van der Waals surface area (Å²) in [6, 6.07) is 72.9. The number of aromatic nitrogens is 2. The molecule has 5 heteroatoms. The van der Waals surface area contributed by atoms with E-state index < -0.39 is 0 Å². The minimum atomic E-state index is -0.233. The van der Waals surface area contributed by atoms with Crippen LogP contribution in [0.4, 0.5) is 22.7 Å². The van der Waals surface area contributed by atoms with Crippen LogP contribution in [0.3, 0.4) is 0 Å². The summed E-state index contributed by atoms with van der Waals surface area (Å²) in [5.41, 5.74) is 16.2. The topological polar surface area (TPSA) is 33.5 Å². The molecule has 0 atom stereocenters. The van der Waals surface area contributed by atoms with Crippen LogP contribution in [0, 0.1) is 0 Å². The van der Waals surface area contributed by atoms with E-state index in [-0.39, 0.29) is 21.7 Å². The first kappa shape index (κ1) is 47.4. The number of hydrogen-bond acceptors (Lipinski definition) is 4. The van der Waals surface area contributed by atoms with Gasteiger partial charge in [0.15, 0.2) is 0 Å². The number of fused-ring (bicyclic) bond motifs is 4. The fourth-order valence-corrected chi connectivity index (χ4v) is 10.7. The van der Waals surface area contributed by atoms with Gasteiger partial charge in [-0.3, -0.25) is 4.57 Å². The van der Waals surface area contributed by atoms with Gasteiger partial charge in [0, 0.05) is 51.3 Å². The van der Waals surface area contributed by atoms with Crippen LogP contribution in [0.25, 0.3) is 38.8 Å². The Labute approximate surface area is 432 Å². The zero-order valence-corrected chi connectivity index (χ0v) is 44.0. The van der Waals surface area contributed by atoms with Crippen molar-refractivity contribution in [3.8, 4) is 28.4 Å². The van der Waals surface area contributed by atoms with E-state index in [0.717, 1.165) is 45.1 Å². The Hall–Kier alpha value is -7.89. The Balaban J connectivity index is 0.998. The number of pyridine rings is 1. The van der Waals surface area contributed by atoms with Gasteiger partial charge < -0.3 is 14.5 Å². The molecule has 0 saturated carbocycles. The van der Waals surface area contributed by atoms with Gasteiger partial charge in [-0.1, -0.05) is 191 Å². The highest BCUT2D eigenvalue weighted by atomic mass is 16.5. The van der Waals surface area contributed by atoms with Crippen LogP contribution in [-0.2, 0) is 21.7 Å². The standard InChI is InChI=1S/C68H66N4O/c1-65(2,3)50-29-32-58-59-33-31-57(44-62(59)72(61(58)40-50)64-42-52(35-36-69-64)68(9,10)49-25-18-13-19-26-49)73-56-28-20-27-54(43-56)70-45-71(55-38-47(46-21-14-11-15-22-46)37-53(39-55)66(4,5)6)63-41-51(30-34-60(63)70)67(7,8)48-23-16-12-17-24-48/h11-44H,45H2,1-10H3. The molecule has 5 nitrogen and oxygen atoms in total. The molecule has 0 N–H and O–H groups in total. The summed E-state index contributed by atoms with van der Waals surface area (Å²) in [6.45, 7) is 23.6. The van der Waals surface area contributed by atoms with Crippen molar-refractivity contribution in [1.82, 2.24) is 9.55 Å². The second-order valence-corrected chi connectivity index (χ2v) is 23.1. The van der Waals surface area contributed by atoms with Crippen LogP contribution in [0.1, 0.15) is 103 Å². The van der Waals surface area contributed by atoms with Gasteiger partial charge in [0.05, 0.1) is 22.4 Å². The minimum absolute atomic E-state index is 0.0329. The third-order valence-corrected chi connectivity index (χ3v) is 15.4. The van der Waals surface area contributed by atoms with Crippen molar-refractivity contribution in [2.75, 3.05) is 16.5 Å². The van der Waals surface area contributed by atoms with Crippen LogP contribution in [0.15, 0.2) is 206 Å². The Kier molecular flexibility index (Phi) is 11.7. The molecule has 73 heavy (non-hydrogen) atoms. The van der Waals surface area contributed by atoms with Crippen molar-refractivity contribution in [2.45, 2.75) is 90.9 Å². The fourth-order valence-electron chi connectivity index (χ4n) is 10.7. The summed E-state index contributed by atoms with van der Waals surface area (Å²) in [6.07, 6.45) is 1.96. The lowest BCUT2D eigenvalue weighted by Gasteiger charge is -2.28. The summed E-state index contributed by atoms with van der Waals surface area (Å²) >= 11 is 0. The molecule has 1 aliphatic heterocycles. The van der Waals surface area contributed by atoms with Gasteiger partial charge in [0.25, 0.3) is 0 Å². The SMILES string of the molecule is CC(C)(C)c1cc(-c2ccccc2)cc(N2CN(c3cccc(Oc4ccc5c6ccc(C(C)(C)C)cc6n(-c6cc(C(C)(C)c7ccccc7)ccn6)c5c4)c3)c3ccc(C(C)(C)c4ccccc4)cc32)c1. The van der Waals surface area contributed by atoms with Gasteiger partial charge in [-0.25, -0.2) is 4.98 Å². The molecular formula is C68H66N4O. The molecule has 11 rings (SSSR count). The fraction of sp³-hybridized carbons (Fsp3) is 0.221. The number of hydrogen-bond donors (Lipinski definition) is 0. The summed E-state index contributed by atoms with van der Waals surface area (Å²) in [7, 11) is 0. The molecule has 0 spiro atoms. The Morgan fingerprint density at radius 3 is 1.62 bits per heavy atom. The highest BCUT2D eigenvalue weighted by Crippen LogP contribution is 2.49. The number of nitrogens with zero attached hydrogens (tertiary/aromatic N) is 4. The average Bonchev–Trinajstić information content (AvgIpc) is 3.94. The van der Waals surface area contributed by atoms with Gasteiger partial charge in [-0.05, 0) is 122 Å². The molecule has 3 heterocycles. The molecule has 2 aromatic heterocycles. The molecule has 10 aromatic rings. The van der Waals surface area contributed by atoms with Crippen molar-refractivity contribution >= 4 is 44.6 Å². The maximum Gasteiger partial charge on any atom is 0.137 e. The number of rotatable bonds is 10. The van der Waals surface area contributed by atoms with E-state index in [4.69, 9.17) is 9.72 Å². The Bertz CT molecular complexity index is 3650. The lowest BCUT2D eigenvalue weighted by Crippen LogP contribution is -2.24. The van der Waals surface area contributed by atoms with Crippen molar-refractivity contribution in [3.05, 3.63) is 240 Å². The number of ether oxygens (including phenoxy) is 1. The van der Waals surface area contributed by atoms with Gasteiger partial charge in [-0.2, -0.15) is 0 Å². The molecular weight excluding hydrogens is 889 g/mol. The largest absolute Gasteiger partial charge is 0.457 e. The van der Waals surface area contributed by atoms with Crippen molar-refractivity contribution in [1.29, 1.82) is 0 Å². The maximum absolute atomic E-state index is 6.94. The second-order valence-electron chi connectivity index (χ2n) is 23.1. The van der Waals surface area contributed by atoms with Crippen LogP contribution < -0.4 is 14.5 Å². The zero-order chi connectivity index (χ0) is 50.9. The van der Waals surface area contributed by atoms with E-state index in [1.54, 1.807) is 0 Å². The summed E-state index contributed by atoms with van der Waals surface area (Å²) in [4.78, 5) is 10.0. The highest BCUT2D eigenvalue weighted by molar-refractivity contribution is 6.09. The summed E-state index contributed by atoms with van der Waals surface area (Å²) < 4.78 is 9.27. The molecule has 0 radical (unpaired) electrons. The number of anilines is 4. The quantitative estimate of drug-likeness (QED) is 0.137. The minimum Gasteiger partial charge on any atom is -0.457 e. The first-order valence-corrected chi connectivity index (χ1v) is 25.8. The Morgan fingerprint density at radius 1 is 0.384 bits per heavy atom. The van der Waals surface area contributed by atoms with Crippen LogP contribution in [-0.4, -0.2) is 16.2 Å². The molecule has 364 valence electrons. The average molecular weight is 955 g/mol. The first-order valence-electron chi connectivity index (χ1n) is 25.8. The summed E-state index contributed by atoms with van der Waals surface area (Å²) in [5, 5.41) is 2.34. The highest BCUT2D eigenvalue weighted by Gasteiger charge is 2.33. The zero-order valence-electron chi connectivity index (χ0n) is 44.0. The second kappa shape index (κ2) is 18.0. The lowest BCUT2D eigenvalue weighted by atomic mass is 9.78. The van der Waals surface area contributed by atoms with E-state index >= 15 is 0 Å². The third-order valence-electron chi connectivity index (χ3n) is 15.4. The predicted octanol–water partition coefficient (Wildman–Crippen LogP) is 18.1. The van der Waals surface area contributed by atoms with E-state index in [1.807, 2.05) is 6.20 Å². The van der Waals surface area contributed by atoms with Crippen molar-refractivity contribution < 1.29 is 4.74 Å². The van der Waals surface area contributed by atoms with E-state index in [0.29, 0.717) is 6.67 Å². The van der Waals surface area contributed by atoms with Crippen LogP contribution in [0.2, 0.25) is 0 Å². The first-order chi connectivity index (χ1) is 34.9.